The molecule has 27 heavy (non-hydrogen) atoms. The molecular formula is C18H17N3O5S. The lowest BCUT2D eigenvalue weighted by molar-refractivity contribution is -0.119. The van der Waals surface area contributed by atoms with E-state index in [-0.39, 0.29) is 18.0 Å². The van der Waals surface area contributed by atoms with Crippen LogP contribution in [0.15, 0.2) is 70.3 Å². The second kappa shape index (κ2) is 8.02. The van der Waals surface area contributed by atoms with Crippen molar-refractivity contribution in [3.8, 4) is 17.2 Å². The van der Waals surface area contributed by atoms with Crippen molar-refractivity contribution in [1.29, 1.82) is 0 Å². The first-order valence-corrected chi connectivity index (χ1v) is 9.42. The second-order valence-electron chi connectivity index (χ2n) is 5.58. The molecule has 2 aromatic heterocycles. The number of carbonyl (C=O) groups is 1. The molecule has 1 amide bonds. The molecule has 9 heteroatoms. The van der Waals surface area contributed by atoms with Crippen molar-refractivity contribution in [3.63, 3.8) is 0 Å². The molecule has 3 rings (SSSR count). The average Bonchev–Trinajstić information content (AvgIpc) is 3.20. The molecule has 2 heterocycles. The normalized spacial score (nSPS) is 11.3. The SMILES string of the molecule is NC(=O)COc1ccc(S(=O)(=O)NCc2ccnc(-c3ccco3)c2)cc1. The van der Waals surface area contributed by atoms with Crippen molar-refractivity contribution in [2.45, 2.75) is 11.4 Å². The van der Waals surface area contributed by atoms with E-state index in [1.165, 1.54) is 24.3 Å². The number of pyridine rings is 1. The highest BCUT2D eigenvalue weighted by Crippen LogP contribution is 2.19. The maximum atomic E-state index is 12.4. The zero-order valence-electron chi connectivity index (χ0n) is 14.2. The highest BCUT2D eigenvalue weighted by Gasteiger charge is 2.14. The van der Waals surface area contributed by atoms with Gasteiger partial charge >= 0.3 is 0 Å². The first-order chi connectivity index (χ1) is 12.9. The molecule has 0 aliphatic rings. The number of ether oxygens (including phenoxy) is 1. The Morgan fingerprint density at radius 1 is 1.19 bits per heavy atom. The molecule has 8 nitrogen and oxygen atoms in total. The summed E-state index contributed by atoms with van der Waals surface area (Å²) in [4.78, 5) is 15.0. The van der Waals surface area contributed by atoms with Gasteiger partial charge in [0.1, 0.15) is 11.4 Å². The molecule has 3 aromatic rings. The standard InChI is InChI=1S/C18H17N3O5S/c19-18(22)12-26-14-3-5-15(6-4-14)27(23,24)21-11-13-7-8-20-16(10-13)17-2-1-9-25-17/h1-10,21H,11-12H2,(H2,19,22). The maximum absolute atomic E-state index is 12.4. The summed E-state index contributed by atoms with van der Waals surface area (Å²) in [5.41, 5.74) is 6.35. The molecule has 0 saturated carbocycles. The minimum Gasteiger partial charge on any atom is -0.484 e. The molecule has 3 N–H and O–H groups in total. The van der Waals surface area contributed by atoms with Crippen LogP contribution in [0.2, 0.25) is 0 Å². The third-order valence-corrected chi connectivity index (χ3v) is 5.00. The van der Waals surface area contributed by atoms with Gasteiger partial charge in [-0.2, -0.15) is 0 Å². The average molecular weight is 387 g/mol. The Bertz CT molecular complexity index is 1020. The number of carbonyl (C=O) groups excluding carboxylic acids is 1. The van der Waals surface area contributed by atoms with Crippen molar-refractivity contribution in [1.82, 2.24) is 9.71 Å². The summed E-state index contributed by atoms with van der Waals surface area (Å²) in [7, 11) is -3.71. The van der Waals surface area contributed by atoms with Crippen molar-refractivity contribution in [2.75, 3.05) is 6.61 Å². The van der Waals surface area contributed by atoms with Crippen LogP contribution >= 0.6 is 0 Å². The van der Waals surface area contributed by atoms with Gasteiger partial charge in [-0.3, -0.25) is 9.78 Å². The monoisotopic (exact) mass is 387 g/mol. The lowest BCUT2D eigenvalue weighted by Gasteiger charge is -2.09. The Kier molecular flexibility index (Phi) is 5.53. The molecule has 0 radical (unpaired) electrons. The van der Waals surface area contributed by atoms with Gasteiger partial charge in [0.25, 0.3) is 5.91 Å². The summed E-state index contributed by atoms with van der Waals surface area (Å²) < 4.78 is 37.8. The number of primary amides is 1. The molecule has 0 aliphatic heterocycles. The first-order valence-electron chi connectivity index (χ1n) is 7.94. The third kappa shape index (κ3) is 4.93. The molecule has 0 bridgehead atoms. The lowest BCUT2D eigenvalue weighted by atomic mass is 10.2. The van der Waals surface area contributed by atoms with Gasteiger partial charge < -0.3 is 14.9 Å². The fraction of sp³-hybridized carbons (Fsp3) is 0.111. The van der Waals surface area contributed by atoms with Crippen LogP contribution < -0.4 is 15.2 Å². The number of sulfonamides is 1. The van der Waals surface area contributed by atoms with E-state index in [9.17, 15) is 13.2 Å². The zero-order chi connectivity index (χ0) is 19.3. The van der Waals surface area contributed by atoms with Crippen molar-refractivity contribution in [3.05, 3.63) is 66.6 Å². The van der Waals surface area contributed by atoms with Gasteiger partial charge in [0.05, 0.1) is 11.2 Å². The van der Waals surface area contributed by atoms with Crippen LogP contribution in [0.4, 0.5) is 0 Å². The molecular weight excluding hydrogens is 370 g/mol. The van der Waals surface area contributed by atoms with Crippen molar-refractivity contribution >= 4 is 15.9 Å². The number of nitrogens with zero attached hydrogens (tertiary/aromatic N) is 1. The van der Waals surface area contributed by atoms with E-state index in [0.717, 1.165) is 5.56 Å². The van der Waals surface area contributed by atoms with E-state index in [0.29, 0.717) is 17.2 Å². The van der Waals surface area contributed by atoms with E-state index in [4.69, 9.17) is 14.9 Å². The molecule has 0 spiro atoms. The van der Waals surface area contributed by atoms with Crippen molar-refractivity contribution < 1.29 is 22.4 Å². The predicted molar refractivity (Wildman–Crippen MR) is 97.1 cm³/mol. The Morgan fingerprint density at radius 2 is 1.96 bits per heavy atom. The summed E-state index contributed by atoms with van der Waals surface area (Å²) >= 11 is 0. The Morgan fingerprint density at radius 3 is 2.63 bits per heavy atom. The number of hydrogen-bond donors (Lipinski definition) is 2. The van der Waals surface area contributed by atoms with Crippen molar-refractivity contribution in [2.24, 2.45) is 5.73 Å². The predicted octanol–water partition coefficient (Wildman–Crippen LogP) is 1.68. The van der Waals surface area contributed by atoms with Gasteiger partial charge in [-0.25, -0.2) is 13.1 Å². The van der Waals surface area contributed by atoms with Crippen LogP contribution in [0.5, 0.6) is 5.75 Å². The number of nitrogens with one attached hydrogen (secondary N) is 1. The lowest BCUT2D eigenvalue weighted by Crippen LogP contribution is -2.23. The highest BCUT2D eigenvalue weighted by molar-refractivity contribution is 7.89. The zero-order valence-corrected chi connectivity index (χ0v) is 15.0. The summed E-state index contributed by atoms with van der Waals surface area (Å²) in [6.45, 7) is -0.178. The number of amides is 1. The summed E-state index contributed by atoms with van der Waals surface area (Å²) in [6, 6.07) is 12.7. The van der Waals surface area contributed by atoms with Crippen LogP contribution in [-0.2, 0) is 21.4 Å². The molecule has 0 aliphatic carbocycles. The van der Waals surface area contributed by atoms with Gasteiger partial charge in [0.2, 0.25) is 10.0 Å². The third-order valence-electron chi connectivity index (χ3n) is 3.58. The Hall–Kier alpha value is -3.17. The van der Waals surface area contributed by atoms with E-state index in [2.05, 4.69) is 9.71 Å². The molecule has 0 saturated heterocycles. The van der Waals surface area contributed by atoms with Crippen LogP contribution in [0, 0.1) is 0 Å². The largest absolute Gasteiger partial charge is 0.484 e. The van der Waals surface area contributed by atoms with Gasteiger partial charge in [0.15, 0.2) is 12.4 Å². The number of nitrogens with two attached hydrogens (primary N) is 1. The Balaban J connectivity index is 1.66. The molecule has 1 aromatic carbocycles. The molecule has 0 atom stereocenters. The number of benzene rings is 1. The highest BCUT2D eigenvalue weighted by atomic mass is 32.2. The summed E-state index contributed by atoms with van der Waals surface area (Å²) in [5.74, 6) is 0.343. The van der Waals surface area contributed by atoms with E-state index < -0.39 is 15.9 Å². The topological polar surface area (TPSA) is 125 Å². The number of aromatic nitrogens is 1. The second-order valence-corrected chi connectivity index (χ2v) is 7.34. The number of rotatable bonds is 8. The minimum atomic E-state index is -3.71. The van der Waals surface area contributed by atoms with Gasteiger partial charge in [-0.15, -0.1) is 0 Å². The smallest absolute Gasteiger partial charge is 0.255 e. The van der Waals surface area contributed by atoms with Crippen LogP contribution in [-0.4, -0.2) is 25.9 Å². The number of furan rings is 1. The minimum absolute atomic E-state index is 0.0780. The van der Waals surface area contributed by atoms with E-state index in [1.807, 2.05) is 0 Å². The van der Waals surface area contributed by atoms with Crippen LogP contribution in [0.1, 0.15) is 5.56 Å². The molecule has 140 valence electrons. The quantitative estimate of drug-likeness (QED) is 0.606. The summed E-state index contributed by atoms with van der Waals surface area (Å²) in [6.07, 6.45) is 3.13. The van der Waals surface area contributed by atoms with Crippen LogP contribution in [0.3, 0.4) is 0 Å². The van der Waals surface area contributed by atoms with Crippen LogP contribution in [0.25, 0.3) is 11.5 Å². The number of hydrogen-bond acceptors (Lipinski definition) is 6. The summed E-state index contributed by atoms with van der Waals surface area (Å²) in [5, 5.41) is 0. The maximum Gasteiger partial charge on any atom is 0.255 e. The van der Waals surface area contributed by atoms with E-state index in [1.54, 1.807) is 36.7 Å². The molecule has 0 fully saturated rings. The Labute approximate surface area is 156 Å². The fourth-order valence-corrected chi connectivity index (χ4v) is 3.29. The first kappa shape index (κ1) is 18.6. The molecule has 0 unspecified atom stereocenters. The van der Waals surface area contributed by atoms with E-state index >= 15 is 0 Å². The van der Waals surface area contributed by atoms with Gasteiger partial charge in [-0.1, -0.05) is 0 Å². The van der Waals surface area contributed by atoms with Gasteiger partial charge in [-0.05, 0) is 54.1 Å². The fourth-order valence-electron chi connectivity index (χ4n) is 2.27. The van der Waals surface area contributed by atoms with Gasteiger partial charge in [0, 0.05) is 12.7 Å².